The number of amides is 1. The molecule has 8 heteroatoms. The number of rotatable bonds is 8. The predicted octanol–water partition coefficient (Wildman–Crippen LogP) is 6.24. The van der Waals surface area contributed by atoms with Crippen LogP contribution < -0.4 is 9.64 Å². The van der Waals surface area contributed by atoms with Gasteiger partial charge in [0, 0.05) is 30.9 Å². The van der Waals surface area contributed by atoms with Crippen molar-refractivity contribution in [2.45, 2.75) is 32.4 Å². The first kappa shape index (κ1) is 26.1. The van der Waals surface area contributed by atoms with Gasteiger partial charge < -0.3 is 14.0 Å². The van der Waals surface area contributed by atoms with Crippen LogP contribution in [-0.4, -0.2) is 49.5 Å². The maximum absolute atomic E-state index is 14.8. The molecule has 0 saturated carbocycles. The fourth-order valence-corrected chi connectivity index (χ4v) is 5.70. The van der Waals surface area contributed by atoms with Gasteiger partial charge in [-0.25, -0.2) is 18.0 Å². The topological polar surface area (TPSA) is 38.8 Å². The van der Waals surface area contributed by atoms with Crippen LogP contribution in [0.1, 0.15) is 24.0 Å². The molecule has 2 bridgehead atoms. The Hall–Kier alpha value is -3.52. The summed E-state index contributed by atoms with van der Waals surface area (Å²) in [5.74, 6) is -2.53. The largest absolute Gasteiger partial charge is 0.488 e. The number of aryl methyl sites for hydroxylation is 1. The van der Waals surface area contributed by atoms with Gasteiger partial charge in [-0.05, 0) is 24.6 Å². The minimum Gasteiger partial charge on any atom is -0.488 e. The van der Waals surface area contributed by atoms with Crippen molar-refractivity contribution in [3.63, 3.8) is 0 Å². The number of quaternary nitrogens is 1. The lowest BCUT2D eigenvalue weighted by atomic mass is 9.83. The molecule has 200 valence electrons. The molecule has 6 rings (SSSR count). The molecule has 3 fully saturated rings. The van der Waals surface area contributed by atoms with Crippen molar-refractivity contribution < 1.29 is 31.9 Å². The minimum atomic E-state index is -1.31. The van der Waals surface area contributed by atoms with Crippen molar-refractivity contribution in [3.8, 4) is 5.75 Å². The number of fused-ring (bicyclic) bond motifs is 3. The molecule has 0 radical (unpaired) electrons. The lowest BCUT2D eigenvalue weighted by Gasteiger charge is -2.52. The van der Waals surface area contributed by atoms with Crippen molar-refractivity contribution in [1.29, 1.82) is 0 Å². The van der Waals surface area contributed by atoms with Crippen LogP contribution in [0.5, 0.6) is 5.75 Å². The summed E-state index contributed by atoms with van der Waals surface area (Å²) in [6.45, 7) is 5.83. The third-order valence-electron chi connectivity index (χ3n) is 7.80. The van der Waals surface area contributed by atoms with Crippen molar-refractivity contribution in [2.75, 3.05) is 37.7 Å². The van der Waals surface area contributed by atoms with E-state index in [0.717, 1.165) is 58.7 Å². The molecule has 5 nitrogen and oxygen atoms in total. The Kier molecular flexibility index (Phi) is 7.61. The van der Waals surface area contributed by atoms with Gasteiger partial charge in [-0.1, -0.05) is 48.0 Å². The summed E-state index contributed by atoms with van der Waals surface area (Å²) < 4.78 is 55.3. The zero-order valence-corrected chi connectivity index (χ0v) is 21.4. The van der Waals surface area contributed by atoms with Gasteiger partial charge in [0.1, 0.15) is 31.3 Å². The molecule has 1 amide bonds. The number of carbonyl (C=O) groups excluding carboxylic acids is 1. The van der Waals surface area contributed by atoms with E-state index in [-0.39, 0.29) is 24.3 Å². The van der Waals surface area contributed by atoms with Gasteiger partial charge >= 0.3 is 6.09 Å². The van der Waals surface area contributed by atoms with Gasteiger partial charge in [-0.2, -0.15) is 0 Å². The highest BCUT2D eigenvalue weighted by Crippen LogP contribution is 2.36. The maximum Gasteiger partial charge on any atom is 0.415 e. The molecule has 0 spiro atoms. The van der Waals surface area contributed by atoms with Crippen LogP contribution in [0.25, 0.3) is 0 Å². The number of hydrogen-bond acceptors (Lipinski definition) is 3. The summed E-state index contributed by atoms with van der Waals surface area (Å²) in [4.78, 5) is 14.6. The smallest absolute Gasteiger partial charge is 0.415 e. The average Bonchev–Trinajstić information content (AvgIpc) is 2.91. The molecule has 3 heterocycles. The van der Waals surface area contributed by atoms with Crippen molar-refractivity contribution in [1.82, 2.24) is 0 Å². The first-order valence-corrected chi connectivity index (χ1v) is 13.0. The zero-order valence-electron chi connectivity index (χ0n) is 21.4. The molecule has 3 aromatic carbocycles. The highest BCUT2D eigenvalue weighted by atomic mass is 19.2. The first-order valence-electron chi connectivity index (χ1n) is 13.0. The number of nitrogens with zero attached hydrogens (tertiary/aromatic N) is 2. The minimum absolute atomic E-state index is 0.0369. The van der Waals surface area contributed by atoms with Crippen molar-refractivity contribution in [2.24, 2.45) is 5.92 Å². The molecule has 3 aromatic rings. The van der Waals surface area contributed by atoms with E-state index < -0.39 is 23.5 Å². The van der Waals surface area contributed by atoms with Gasteiger partial charge in [-0.15, -0.1) is 0 Å². The molecule has 38 heavy (non-hydrogen) atoms. The predicted molar refractivity (Wildman–Crippen MR) is 138 cm³/mol. The summed E-state index contributed by atoms with van der Waals surface area (Å²) in [5.41, 5.74) is 1.33. The highest BCUT2D eigenvalue weighted by molar-refractivity contribution is 5.88. The monoisotopic (exact) mass is 525 g/mol. The van der Waals surface area contributed by atoms with E-state index in [1.54, 1.807) is 6.07 Å². The van der Waals surface area contributed by atoms with E-state index in [4.69, 9.17) is 9.47 Å². The lowest BCUT2D eigenvalue weighted by molar-refractivity contribution is -0.946. The quantitative estimate of drug-likeness (QED) is 0.258. The van der Waals surface area contributed by atoms with Gasteiger partial charge in [-0.3, -0.25) is 4.90 Å². The van der Waals surface area contributed by atoms with Gasteiger partial charge in [0.2, 0.25) is 0 Å². The van der Waals surface area contributed by atoms with Crippen LogP contribution in [0.4, 0.5) is 23.7 Å². The Balaban J connectivity index is 1.32. The molecule has 0 N–H and O–H groups in total. The number of para-hydroxylation sites is 1. The Morgan fingerprint density at radius 3 is 2.42 bits per heavy atom. The second kappa shape index (κ2) is 11.1. The highest BCUT2D eigenvalue weighted by Gasteiger charge is 2.48. The normalized spacial score (nSPS) is 22.2. The van der Waals surface area contributed by atoms with Crippen molar-refractivity contribution >= 4 is 11.8 Å². The number of hydrogen-bond donors (Lipinski definition) is 0. The number of benzene rings is 3. The van der Waals surface area contributed by atoms with Crippen LogP contribution in [0.3, 0.4) is 0 Å². The molecule has 0 aromatic heterocycles. The van der Waals surface area contributed by atoms with Gasteiger partial charge in [0.05, 0.1) is 25.3 Å². The maximum atomic E-state index is 14.8. The molecule has 3 aliphatic heterocycles. The first-order chi connectivity index (χ1) is 18.3. The second-order valence-electron chi connectivity index (χ2n) is 10.4. The molecule has 0 unspecified atom stereocenters. The third-order valence-corrected chi connectivity index (χ3v) is 7.80. The summed E-state index contributed by atoms with van der Waals surface area (Å²) in [5, 5.41) is 0. The number of halogens is 3. The van der Waals surface area contributed by atoms with Crippen molar-refractivity contribution in [3.05, 3.63) is 95.3 Å². The van der Waals surface area contributed by atoms with Gasteiger partial charge in [0.25, 0.3) is 0 Å². The van der Waals surface area contributed by atoms with E-state index in [9.17, 15) is 18.0 Å². The molecular weight excluding hydrogens is 493 g/mol. The number of piperidine rings is 3. The molecular formula is C30H32F3N2O3+. The molecule has 3 aliphatic rings. The molecule has 1 atom stereocenters. The molecule has 0 aliphatic carbocycles. The number of anilines is 1. The zero-order chi connectivity index (χ0) is 26.7. The Bertz CT molecular complexity index is 1280. The fourth-order valence-electron chi connectivity index (χ4n) is 5.70. The van der Waals surface area contributed by atoms with Crippen LogP contribution in [0.15, 0.2) is 66.7 Å². The number of ether oxygens (including phenoxy) is 2. The van der Waals surface area contributed by atoms with E-state index >= 15 is 0 Å². The SMILES string of the molecule is Cc1cccc(CN(C(=O)O[C@H]2C[N+]3(CCOc4ccccc4)CCC2CC3)c2cc(F)c(F)cc2F)c1. The summed E-state index contributed by atoms with van der Waals surface area (Å²) in [6.07, 6.45) is 0.713. The fraction of sp³-hybridized carbons (Fsp3) is 0.367. The standard InChI is InChI=1S/C30H32F3N2O3/c1-21-6-5-7-22(16-21)19-34(28-18-26(32)25(31)17-27(28)33)30(36)38-29-20-35(12-10-23(29)11-13-35)14-15-37-24-8-3-2-4-9-24/h2-9,16-18,23,29H,10-15,19-20H2,1H3/q+1/t23?,29-,35?/m0/s1. The van der Waals surface area contributed by atoms with Crippen LogP contribution in [0, 0.1) is 30.3 Å². The third kappa shape index (κ3) is 5.80. The second-order valence-corrected chi connectivity index (χ2v) is 10.4. The Labute approximate surface area is 221 Å². The van der Waals surface area contributed by atoms with E-state index in [1.807, 2.05) is 55.5 Å². The Morgan fingerprint density at radius 1 is 0.947 bits per heavy atom. The summed E-state index contributed by atoms with van der Waals surface area (Å²) in [7, 11) is 0. The van der Waals surface area contributed by atoms with Crippen LogP contribution >= 0.6 is 0 Å². The van der Waals surface area contributed by atoms with E-state index in [0.29, 0.717) is 25.3 Å². The number of carbonyl (C=O) groups is 1. The summed E-state index contributed by atoms with van der Waals surface area (Å²) in [6, 6.07) is 18.2. The molecule has 3 saturated heterocycles. The average molecular weight is 526 g/mol. The van der Waals surface area contributed by atoms with Crippen LogP contribution in [-0.2, 0) is 11.3 Å². The summed E-state index contributed by atoms with van der Waals surface area (Å²) >= 11 is 0. The Morgan fingerprint density at radius 2 is 1.68 bits per heavy atom. The van der Waals surface area contributed by atoms with E-state index in [2.05, 4.69) is 0 Å². The lowest BCUT2D eigenvalue weighted by Crippen LogP contribution is -2.65. The van der Waals surface area contributed by atoms with E-state index in [1.165, 1.54) is 0 Å². The van der Waals surface area contributed by atoms with Gasteiger partial charge in [0.15, 0.2) is 17.7 Å². The van der Waals surface area contributed by atoms with Crippen LogP contribution in [0.2, 0.25) is 0 Å².